The van der Waals surface area contributed by atoms with E-state index in [9.17, 15) is 13.2 Å². The van der Waals surface area contributed by atoms with Crippen LogP contribution in [0.1, 0.15) is 29.2 Å². The minimum absolute atomic E-state index is 0.160. The van der Waals surface area contributed by atoms with Crippen LogP contribution >= 0.6 is 0 Å². The number of aryl methyl sites for hydroxylation is 1. The summed E-state index contributed by atoms with van der Waals surface area (Å²) in [7, 11) is -3.86. The van der Waals surface area contributed by atoms with Gasteiger partial charge in [-0.1, -0.05) is 48.5 Å². The van der Waals surface area contributed by atoms with Gasteiger partial charge in [0.05, 0.1) is 11.5 Å². The molecule has 0 saturated carbocycles. The molecule has 7 heteroatoms. The number of nitrogens with one attached hydrogen (secondary N) is 1. The number of carbonyl (C=O) groups is 1. The molecule has 4 rings (SSSR count). The number of nitrogens with zero attached hydrogens (tertiary/aromatic N) is 1. The molecule has 3 aromatic carbocycles. The number of hydrogen-bond donors (Lipinski definition) is 1. The first kappa shape index (κ1) is 23.0. The van der Waals surface area contributed by atoms with Crippen molar-refractivity contribution in [2.45, 2.75) is 44.3 Å². The summed E-state index contributed by atoms with van der Waals surface area (Å²) in [4.78, 5) is 13.5. The zero-order chi connectivity index (χ0) is 23.4. The van der Waals surface area contributed by atoms with Gasteiger partial charge in [0.2, 0.25) is 15.9 Å². The van der Waals surface area contributed by atoms with Crippen LogP contribution in [-0.2, 0) is 34.3 Å². The third-order valence-corrected chi connectivity index (χ3v) is 7.66. The monoisotopic (exact) mass is 464 g/mol. The fourth-order valence-electron chi connectivity index (χ4n) is 4.06. The quantitative estimate of drug-likeness (QED) is 0.577. The highest BCUT2D eigenvalue weighted by atomic mass is 32.2. The molecule has 0 bridgehead atoms. The maximum absolute atomic E-state index is 13.6. The SMILES string of the molecule is CCOc1ccc(CNC(=O)[C@@H]2Cc3ccccc3CN2S(=O)(=O)c2cccc(C)c2)cc1. The number of sulfonamides is 1. The molecule has 0 unspecified atom stereocenters. The van der Waals surface area contributed by atoms with E-state index in [1.54, 1.807) is 18.2 Å². The Bertz CT molecular complexity index is 1240. The van der Waals surface area contributed by atoms with Crippen LogP contribution < -0.4 is 10.1 Å². The topological polar surface area (TPSA) is 75.7 Å². The third kappa shape index (κ3) is 5.10. The van der Waals surface area contributed by atoms with Crippen LogP contribution in [0.2, 0.25) is 0 Å². The molecule has 1 atom stereocenters. The predicted molar refractivity (Wildman–Crippen MR) is 127 cm³/mol. The molecule has 0 radical (unpaired) electrons. The molecule has 1 amide bonds. The van der Waals surface area contributed by atoms with Crippen molar-refractivity contribution in [2.24, 2.45) is 0 Å². The first-order valence-corrected chi connectivity index (χ1v) is 12.5. The zero-order valence-electron chi connectivity index (χ0n) is 18.8. The number of amides is 1. The average molecular weight is 465 g/mol. The summed E-state index contributed by atoms with van der Waals surface area (Å²) >= 11 is 0. The molecule has 1 aliphatic rings. The van der Waals surface area contributed by atoms with E-state index in [1.165, 1.54) is 4.31 Å². The van der Waals surface area contributed by atoms with Gasteiger partial charge in [-0.15, -0.1) is 0 Å². The number of carbonyl (C=O) groups excluding carboxylic acids is 1. The highest BCUT2D eigenvalue weighted by molar-refractivity contribution is 7.89. The van der Waals surface area contributed by atoms with Crippen molar-refractivity contribution in [1.29, 1.82) is 0 Å². The van der Waals surface area contributed by atoms with E-state index in [1.807, 2.05) is 68.4 Å². The molecule has 1 aliphatic heterocycles. The summed E-state index contributed by atoms with van der Waals surface area (Å²) in [6.07, 6.45) is 0.330. The van der Waals surface area contributed by atoms with Crippen LogP contribution in [0.5, 0.6) is 5.75 Å². The van der Waals surface area contributed by atoms with Gasteiger partial charge in [-0.2, -0.15) is 4.31 Å². The van der Waals surface area contributed by atoms with Crippen LogP contribution in [0, 0.1) is 6.92 Å². The Morgan fingerprint density at radius 1 is 1.03 bits per heavy atom. The lowest BCUT2D eigenvalue weighted by Crippen LogP contribution is -2.52. The molecular formula is C26H28N2O4S. The lowest BCUT2D eigenvalue weighted by atomic mass is 9.95. The third-order valence-electron chi connectivity index (χ3n) is 5.81. The Balaban J connectivity index is 1.58. The summed E-state index contributed by atoms with van der Waals surface area (Å²) in [5.74, 6) is 0.460. The van der Waals surface area contributed by atoms with E-state index >= 15 is 0 Å². The Labute approximate surface area is 195 Å². The van der Waals surface area contributed by atoms with Gasteiger partial charge in [-0.25, -0.2) is 8.42 Å². The zero-order valence-corrected chi connectivity index (χ0v) is 19.6. The van der Waals surface area contributed by atoms with E-state index in [-0.39, 0.29) is 17.3 Å². The van der Waals surface area contributed by atoms with E-state index in [0.29, 0.717) is 19.6 Å². The van der Waals surface area contributed by atoms with Gasteiger partial charge in [0, 0.05) is 13.1 Å². The van der Waals surface area contributed by atoms with Crippen LogP contribution in [0.3, 0.4) is 0 Å². The maximum Gasteiger partial charge on any atom is 0.244 e. The average Bonchev–Trinajstić information content (AvgIpc) is 2.82. The van der Waals surface area contributed by atoms with Crippen LogP contribution in [0.15, 0.2) is 77.7 Å². The van der Waals surface area contributed by atoms with Gasteiger partial charge < -0.3 is 10.1 Å². The van der Waals surface area contributed by atoms with Crippen molar-refractivity contribution in [3.63, 3.8) is 0 Å². The minimum atomic E-state index is -3.86. The molecule has 0 saturated heterocycles. The standard InChI is InChI=1S/C26H28N2O4S/c1-3-32-23-13-11-20(12-14-23)17-27-26(29)25-16-21-8-4-5-9-22(21)18-28(25)33(30,31)24-10-6-7-19(2)15-24/h4-15,25H,3,16-18H2,1-2H3,(H,27,29)/t25-/m0/s1. The second kappa shape index (κ2) is 9.77. The van der Waals surface area contributed by atoms with Crippen molar-refractivity contribution in [2.75, 3.05) is 6.61 Å². The van der Waals surface area contributed by atoms with E-state index in [4.69, 9.17) is 4.74 Å². The van der Waals surface area contributed by atoms with Crippen molar-refractivity contribution in [3.05, 3.63) is 95.1 Å². The lowest BCUT2D eigenvalue weighted by Gasteiger charge is -2.35. The molecule has 1 N–H and O–H groups in total. The van der Waals surface area contributed by atoms with Crippen molar-refractivity contribution in [1.82, 2.24) is 9.62 Å². The predicted octanol–water partition coefficient (Wildman–Crippen LogP) is 3.83. The first-order chi connectivity index (χ1) is 15.9. The summed E-state index contributed by atoms with van der Waals surface area (Å²) in [5.41, 5.74) is 3.68. The van der Waals surface area contributed by atoms with Gasteiger partial charge in [-0.05, 0) is 66.8 Å². The Kier molecular flexibility index (Phi) is 6.81. The summed E-state index contributed by atoms with van der Waals surface area (Å²) < 4.78 is 33.9. The maximum atomic E-state index is 13.6. The van der Waals surface area contributed by atoms with Gasteiger partial charge in [0.25, 0.3) is 0 Å². The normalized spacial score (nSPS) is 16.1. The minimum Gasteiger partial charge on any atom is -0.494 e. The second-order valence-electron chi connectivity index (χ2n) is 8.15. The molecular weight excluding hydrogens is 436 g/mol. The van der Waals surface area contributed by atoms with Crippen LogP contribution in [0.4, 0.5) is 0 Å². The number of fused-ring (bicyclic) bond motifs is 1. The van der Waals surface area contributed by atoms with Crippen molar-refractivity contribution < 1.29 is 17.9 Å². The highest BCUT2D eigenvalue weighted by Crippen LogP contribution is 2.29. The van der Waals surface area contributed by atoms with Gasteiger partial charge in [0.1, 0.15) is 11.8 Å². The summed E-state index contributed by atoms with van der Waals surface area (Å²) in [6, 6.07) is 21.2. The van der Waals surface area contributed by atoms with Crippen LogP contribution in [0.25, 0.3) is 0 Å². The number of benzene rings is 3. The molecule has 0 fully saturated rings. The molecule has 3 aromatic rings. The smallest absolute Gasteiger partial charge is 0.244 e. The fourth-order valence-corrected chi connectivity index (χ4v) is 5.73. The van der Waals surface area contributed by atoms with E-state index < -0.39 is 16.1 Å². The highest BCUT2D eigenvalue weighted by Gasteiger charge is 2.39. The summed E-state index contributed by atoms with van der Waals surface area (Å²) in [5, 5.41) is 2.93. The molecule has 33 heavy (non-hydrogen) atoms. The first-order valence-electron chi connectivity index (χ1n) is 11.0. The van der Waals surface area contributed by atoms with Crippen molar-refractivity contribution >= 4 is 15.9 Å². The Morgan fingerprint density at radius 2 is 1.76 bits per heavy atom. The molecule has 172 valence electrons. The number of rotatable bonds is 7. The Hall–Kier alpha value is -3.16. The largest absolute Gasteiger partial charge is 0.494 e. The van der Waals surface area contributed by atoms with Gasteiger partial charge in [0.15, 0.2) is 0 Å². The Morgan fingerprint density at radius 3 is 2.45 bits per heavy atom. The molecule has 0 aromatic heterocycles. The number of ether oxygens (including phenoxy) is 1. The molecule has 6 nitrogen and oxygen atoms in total. The van der Waals surface area contributed by atoms with Crippen LogP contribution in [-0.4, -0.2) is 31.3 Å². The summed E-state index contributed by atoms with van der Waals surface area (Å²) in [6.45, 7) is 4.83. The van der Waals surface area contributed by atoms with E-state index in [2.05, 4.69) is 5.32 Å². The fraction of sp³-hybridized carbons (Fsp3) is 0.269. The molecule has 0 aliphatic carbocycles. The van der Waals surface area contributed by atoms with Crippen molar-refractivity contribution in [3.8, 4) is 5.75 Å². The van der Waals surface area contributed by atoms with E-state index in [0.717, 1.165) is 28.0 Å². The molecule has 0 spiro atoms. The number of hydrogen-bond acceptors (Lipinski definition) is 4. The second-order valence-corrected chi connectivity index (χ2v) is 10.0. The molecule has 1 heterocycles. The van der Waals surface area contributed by atoms with Gasteiger partial charge in [-0.3, -0.25) is 4.79 Å². The van der Waals surface area contributed by atoms with Gasteiger partial charge >= 0.3 is 0 Å². The lowest BCUT2D eigenvalue weighted by molar-refractivity contribution is -0.125.